The number of fused-ring (bicyclic) bond motifs is 11. The van der Waals surface area contributed by atoms with Gasteiger partial charge < -0.3 is 0 Å². The Morgan fingerprint density at radius 2 is 0.808 bits per heavy atom. The van der Waals surface area contributed by atoms with E-state index < -0.39 is 0 Å². The quantitative estimate of drug-likeness (QED) is 0.173. The van der Waals surface area contributed by atoms with Gasteiger partial charge in [-0.1, -0.05) is 84.9 Å². The summed E-state index contributed by atoms with van der Waals surface area (Å²) in [5.41, 5.74) is 17.8. The Morgan fingerprint density at radius 1 is 0.327 bits per heavy atom. The largest absolute Gasteiger partial charge is 0.264 e. The van der Waals surface area contributed by atoms with Crippen molar-refractivity contribution in [2.45, 2.75) is 13.8 Å². The van der Waals surface area contributed by atoms with E-state index in [0.29, 0.717) is 0 Å². The number of pyridine rings is 2. The number of hydrogen-bond acceptors (Lipinski definition) is 2. The van der Waals surface area contributed by atoms with Gasteiger partial charge in [0.1, 0.15) is 0 Å². The van der Waals surface area contributed by atoms with E-state index in [2.05, 4.69) is 145 Å². The molecule has 0 amide bonds. The van der Waals surface area contributed by atoms with Gasteiger partial charge in [0.2, 0.25) is 0 Å². The van der Waals surface area contributed by atoms with Gasteiger partial charge in [0.25, 0.3) is 0 Å². The van der Waals surface area contributed by atoms with E-state index in [0.717, 1.165) is 0 Å². The molecule has 0 atom stereocenters. The highest BCUT2D eigenvalue weighted by molar-refractivity contribution is 6.30. The predicted molar refractivity (Wildman–Crippen MR) is 219 cm³/mol. The lowest BCUT2D eigenvalue weighted by molar-refractivity contribution is 1.27. The molecule has 2 heteroatoms. The molecule has 0 aliphatic heterocycles. The Balaban J connectivity index is 1.28. The first-order valence-corrected chi connectivity index (χ1v) is 18.1. The smallest absolute Gasteiger partial charge is 0.0303 e. The molecule has 0 radical (unpaired) electrons. The molecule has 2 nitrogen and oxygen atoms in total. The lowest BCUT2D eigenvalue weighted by Gasteiger charge is -2.20. The molecular weight excluding hydrogens is 629 g/mol. The summed E-state index contributed by atoms with van der Waals surface area (Å²) in [6.45, 7) is 4.37. The van der Waals surface area contributed by atoms with E-state index in [1.807, 2.05) is 24.8 Å². The number of aryl methyl sites for hydroxylation is 2. The molecule has 2 heterocycles. The van der Waals surface area contributed by atoms with Gasteiger partial charge in [-0.3, -0.25) is 9.97 Å². The predicted octanol–water partition coefficient (Wildman–Crippen LogP) is 13.5. The van der Waals surface area contributed by atoms with Gasteiger partial charge >= 0.3 is 0 Å². The molecule has 10 aromatic rings. The highest BCUT2D eigenvalue weighted by Gasteiger charge is 2.29. The first-order chi connectivity index (χ1) is 25.6. The fraction of sp³-hybridized carbons (Fsp3) is 0.0400. The number of hydrogen-bond donors (Lipinski definition) is 0. The van der Waals surface area contributed by atoms with E-state index in [-0.39, 0.29) is 0 Å². The maximum atomic E-state index is 4.51. The lowest BCUT2D eigenvalue weighted by atomic mass is 9.83. The van der Waals surface area contributed by atoms with Crippen molar-refractivity contribution < 1.29 is 0 Å². The second-order valence-corrected chi connectivity index (χ2v) is 14.6. The number of nitrogens with zero attached hydrogens (tertiary/aromatic N) is 2. The van der Waals surface area contributed by atoms with Crippen molar-refractivity contribution in [1.29, 1.82) is 0 Å². The van der Waals surface area contributed by atoms with E-state index in [1.54, 1.807) is 0 Å². The Morgan fingerprint density at radius 3 is 1.46 bits per heavy atom. The fourth-order valence-electron chi connectivity index (χ4n) is 9.69. The zero-order valence-corrected chi connectivity index (χ0v) is 28.8. The minimum absolute atomic E-state index is 1.17. The molecule has 2 aliphatic rings. The molecule has 8 aromatic carbocycles. The van der Waals surface area contributed by atoms with Crippen molar-refractivity contribution in [2.75, 3.05) is 0 Å². The minimum atomic E-state index is 1.17. The molecule has 0 fully saturated rings. The molecule has 52 heavy (non-hydrogen) atoms. The number of rotatable bonds is 2. The summed E-state index contributed by atoms with van der Waals surface area (Å²) in [4.78, 5) is 9.01. The van der Waals surface area contributed by atoms with Crippen LogP contribution in [0.3, 0.4) is 0 Å². The highest BCUT2D eigenvalue weighted by Crippen LogP contribution is 2.56. The van der Waals surface area contributed by atoms with Gasteiger partial charge in [0.05, 0.1) is 0 Å². The molecular formula is C50H30N2. The molecule has 12 rings (SSSR count). The summed E-state index contributed by atoms with van der Waals surface area (Å²) in [7, 11) is 0. The summed E-state index contributed by atoms with van der Waals surface area (Å²) in [5, 5.41) is 12.9. The summed E-state index contributed by atoms with van der Waals surface area (Å²) >= 11 is 0. The monoisotopic (exact) mass is 658 g/mol. The second-order valence-electron chi connectivity index (χ2n) is 14.6. The first-order valence-electron chi connectivity index (χ1n) is 18.1. The van der Waals surface area contributed by atoms with Crippen LogP contribution in [0.4, 0.5) is 0 Å². The van der Waals surface area contributed by atoms with Gasteiger partial charge in [0, 0.05) is 24.8 Å². The standard InChI is InChI=1S/C50H30N2/c1-27-25-51-19-17-31(27)39-21-40-33(41-22-42-34-11-3-7-29-8-4-12-35(47(29)34)43(42)23-45(39)41)15-16-37-44(40)24-46-36-13-5-9-30-10-6-14-38(48(30)36)50(46)49(37)32-18-20-52-26-28(32)2/h3-26H,1-2H3. The number of aromatic nitrogens is 2. The molecule has 0 saturated carbocycles. The average molecular weight is 659 g/mol. The Bertz CT molecular complexity index is 3250. The molecule has 2 aromatic heterocycles. The summed E-state index contributed by atoms with van der Waals surface area (Å²) in [5.74, 6) is 0. The van der Waals surface area contributed by atoms with Crippen molar-refractivity contribution >= 4 is 53.9 Å². The summed E-state index contributed by atoms with van der Waals surface area (Å²) < 4.78 is 0. The molecule has 0 saturated heterocycles. The molecule has 0 N–H and O–H groups in total. The van der Waals surface area contributed by atoms with Crippen molar-refractivity contribution in [3.05, 3.63) is 157 Å². The van der Waals surface area contributed by atoms with Crippen LogP contribution in [-0.4, -0.2) is 9.97 Å². The van der Waals surface area contributed by atoms with Crippen LogP contribution in [0.2, 0.25) is 0 Å². The topological polar surface area (TPSA) is 25.8 Å². The molecule has 240 valence electrons. The summed E-state index contributed by atoms with van der Waals surface area (Å²) in [6, 6.07) is 46.0. The van der Waals surface area contributed by atoms with Crippen LogP contribution in [0.15, 0.2) is 146 Å². The third-order valence-electron chi connectivity index (χ3n) is 11.9. The van der Waals surface area contributed by atoms with Gasteiger partial charge in [-0.15, -0.1) is 0 Å². The third kappa shape index (κ3) is 3.53. The van der Waals surface area contributed by atoms with Gasteiger partial charge in [-0.25, -0.2) is 0 Å². The Hall–Kier alpha value is -6.64. The molecule has 2 aliphatic carbocycles. The van der Waals surface area contributed by atoms with Crippen LogP contribution in [0.1, 0.15) is 11.1 Å². The molecule has 0 unspecified atom stereocenters. The SMILES string of the molecule is Cc1cnccc1-c1cc2c3cc4c(c(-c5ccncc5C)c3ccc2c2cc3c(cc12)-c1cccc2cccc-3c12)-c1cccc2cccc-4c12. The summed E-state index contributed by atoms with van der Waals surface area (Å²) in [6.07, 6.45) is 7.86. The van der Waals surface area contributed by atoms with Crippen molar-refractivity contribution in [1.82, 2.24) is 9.97 Å². The van der Waals surface area contributed by atoms with Gasteiger partial charge in [0.15, 0.2) is 0 Å². The number of benzene rings is 8. The van der Waals surface area contributed by atoms with Gasteiger partial charge in [-0.2, -0.15) is 0 Å². The maximum Gasteiger partial charge on any atom is 0.0303 e. The first kappa shape index (κ1) is 28.1. The maximum absolute atomic E-state index is 4.51. The Labute approximate surface area is 300 Å². The van der Waals surface area contributed by atoms with Gasteiger partial charge in [-0.05, 0) is 182 Å². The molecule has 0 bridgehead atoms. The van der Waals surface area contributed by atoms with E-state index >= 15 is 0 Å². The van der Waals surface area contributed by atoms with Crippen molar-refractivity contribution in [3.63, 3.8) is 0 Å². The van der Waals surface area contributed by atoms with Crippen LogP contribution >= 0.6 is 0 Å². The normalized spacial score (nSPS) is 12.4. The van der Waals surface area contributed by atoms with E-state index in [9.17, 15) is 0 Å². The second kappa shape index (κ2) is 9.99. The lowest BCUT2D eigenvalue weighted by Crippen LogP contribution is -1.94. The Kier molecular flexibility index (Phi) is 5.40. The zero-order valence-electron chi connectivity index (χ0n) is 28.8. The third-order valence-corrected chi connectivity index (χ3v) is 11.9. The highest BCUT2D eigenvalue weighted by atomic mass is 14.6. The van der Waals surface area contributed by atoms with Crippen molar-refractivity contribution in [3.8, 4) is 66.8 Å². The van der Waals surface area contributed by atoms with Crippen LogP contribution in [0, 0.1) is 13.8 Å². The van der Waals surface area contributed by atoms with Crippen LogP contribution < -0.4 is 0 Å². The van der Waals surface area contributed by atoms with Crippen molar-refractivity contribution in [2.24, 2.45) is 0 Å². The average Bonchev–Trinajstić information content (AvgIpc) is 3.67. The minimum Gasteiger partial charge on any atom is -0.264 e. The van der Waals surface area contributed by atoms with Crippen LogP contribution in [0.5, 0.6) is 0 Å². The van der Waals surface area contributed by atoms with Crippen LogP contribution in [0.25, 0.3) is 121 Å². The zero-order chi connectivity index (χ0) is 34.2. The fourth-order valence-corrected chi connectivity index (χ4v) is 9.69. The van der Waals surface area contributed by atoms with E-state index in [4.69, 9.17) is 0 Å². The van der Waals surface area contributed by atoms with E-state index in [1.165, 1.54) is 132 Å². The molecule has 0 spiro atoms. The van der Waals surface area contributed by atoms with Crippen LogP contribution in [-0.2, 0) is 0 Å².